The van der Waals surface area contributed by atoms with E-state index in [0.29, 0.717) is 6.54 Å². The van der Waals surface area contributed by atoms with Gasteiger partial charge in [0.05, 0.1) is 6.04 Å². The van der Waals surface area contributed by atoms with Crippen molar-refractivity contribution in [3.63, 3.8) is 0 Å². The largest absolute Gasteiger partial charge is 0.352 e. The molecule has 0 radical (unpaired) electrons. The van der Waals surface area contributed by atoms with Gasteiger partial charge in [-0.1, -0.05) is 0 Å². The number of carbonyl (C=O) groups is 1. The van der Waals surface area contributed by atoms with Crippen LogP contribution in [0.15, 0.2) is 0 Å². The normalized spacial score (nSPS) is 35.6. The minimum atomic E-state index is -0.660. The van der Waals surface area contributed by atoms with Gasteiger partial charge in [0.15, 0.2) is 0 Å². The lowest BCUT2D eigenvalue weighted by atomic mass is 10.1. The smallest absolute Gasteiger partial charge is 0.238 e. The minimum absolute atomic E-state index is 0.0740. The van der Waals surface area contributed by atoms with Gasteiger partial charge in [0, 0.05) is 48.0 Å². The molecule has 0 aromatic carbocycles. The molecular weight excluding hydrogens is 226 g/mol. The van der Waals surface area contributed by atoms with Crippen molar-refractivity contribution in [2.45, 2.75) is 24.9 Å². The standard InChI is InChI=1S/C10H19N3O2S/c14-10(9-7-11-3-4-12-9)13-8-1-5-16(15)6-2-8/h8-9,11-12H,1-7H2,(H,13,14). The first kappa shape index (κ1) is 12.0. The number of amides is 1. The van der Waals surface area contributed by atoms with Crippen LogP contribution in [0.1, 0.15) is 12.8 Å². The van der Waals surface area contributed by atoms with E-state index in [2.05, 4.69) is 16.0 Å². The molecule has 5 nitrogen and oxygen atoms in total. The van der Waals surface area contributed by atoms with Crippen molar-refractivity contribution in [1.29, 1.82) is 0 Å². The number of hydrogen-bond donors (Lipinski definition) is 3. The van der Waals surface area contributed by atoms with Gasteiger partial charge >= 0.3 is 0 Å². The summed E-state index contributed by atoms with van der Waals surface area (Å²) in [6, 6.07) is 0.107. The second kappa shape index (κ2) is 5.75. The van der Waals surface area contributed by atoms with Crippen LogP contribution in [0.2, 0.25) is 0 Å². The van der Waals surface area contributed by atoms with Gasteiger partial charge in [0.1, 0.15) is 0 Å². The maximum Gasteiger partial charge on any atom is 0.238 e. The third kappa shape index (κ3) is 3.26. The third-order valence-electron chi connectivity index (χ3n) is 3.09. The minimum Gasteiger partial charge on any atom is -0.352 e. The quantitative estimate of drug-likeness (QED) is 0.558. The molecule has 92 valence electrons. The summed E-state index contributed by atoms with van der Waals surface area (Å²) in [6.45, 7) is 2.46. The van der Waals surface area contributed by atoms with Crippen LogP contribution < -0.4 is 16.0 Å². The fourth-order valence-electron chi connectivity index (χ4n) is 2.08. The molecule has 0 aromatic rings. The Hall–Kier alpha value is -0.460. The molecule has 0 bridgehead atoms. The van der Waals surface area contributed by atoms with E-state index in [1.54, 1.807) is 0 Å². The molecule has 0 aliphatic carbocycles. The molecule has 2 saturated heterocycles. The first-order chi connectivity index (χ1) is 7.75. The lowest BCUT2D eigenvalue weighted by Gasteiger charge is -2.28. The SMILES string of the molecule is O=C(NC1CCS(=O)CC1)C1CNCCN1. The highest BCUT2D eigenvalue weighted by molar-refractivity contribution is 7.85. The van der Waals surface area contributed by atoms with Gasteiger partial charge in [-0.3, -0.25) is 9.00 Å². The molecule has 0 aromatic heterocycles. The number of carbonyl (C=O) groups excluding carboxylic acids is 1. The van der Waals surface area contributed by atoms with E-state index in [1.165, 1.54) is 0 Å². The summed E-state index contributed by atoms with van der Waals surface area (Å²) in [6.07, 6.45) is 1.69. The molecule has 6 heteroatoms. The number of rotatable bonds is 2. The van der Waals surface area contributed by atoms with Crippen molar-refractivity contribution in [2.75, 3.05) is 31.1 Å². The monoisotopic (exact) mass is 245 g/mol. The third-order valence-corrected chi connectivity index (χ3v) is 4.47. The number of nitrogens with one attached hydrogen (secondary N) is 3. The molecule has 3 N–H and O–H groups in total. The van der Waals surface area contributed by atoms with Gasteiger partial charge in [0.2, 0.25) is 5.91 Å². The highest BCUT2D eigenvalue weighted by atomic mass is 32.2. The summed E-state index contributed by atoms with van der Waals surface area (Å²) in [4.78, 5) is 11.9. The molecular formula is C10H19N3O2S. The van der Waals surface area contributed by atoms with Crippen LogP contribution in [0.3, 0.4) is 0 Å². The van der Waals surface area contributed by atoms with E-state index in [1.807, 2.05) is 0 Å². The summed E-state index contributed by atoms with van der Waals surface area (Å²) in [5.74, 6) is 1.52. The zero-order chi connectivity index (χ0) is 11.4. The van der Waals surface area contributed by atoms with Crippen molar-refractivity contribution in [1.82, 2.24) is 16.0 Å². The predicted molar refractivity (Wildman–Crippen MR) is 63.7 cm³/mol. The first-order valence-electron chi connectivity index (χ1n) is 5.85. The van der Waals surface area contributed by atoms with Gasteiger partial charge < -0.3 is 16.0 Å². The topological polar surface area (TPSA) is 70.2 Å². The molecule has 2 fully saturated rings. The Morgan fingerprint density at radius 2 is 2.00 bits per heavy atom. The fraction of sp³-hybridized carbons (Fsp3) is 0.900. The van der Waals surface area contributed by atoms with E-state index in [-0.39, 0.29) is 18.0 Å². The Labute approximate surface area is 98.2 Å². The molecule has 0 saturated carbocycles. The molecule has 1 amide bonds. The Bertz CT molecular complexity index is 269. The van der Waals surface area contributed by atoms with Crippen molar-refractivity contribution in [3.05, 3.63) is 0 Å². The summed E-state index contributed by atoms with van der Waals surface area (Å²) in [5.41, 5.74) is 0. The Balaban J connectivity index is 1.75. The average Bonchev–Trinajstić information content (AvgIpc) is 2.33. The Morgan fingerprint density at radius 3 is 2.62 bits per heavy atom. The molecule has 2 rings (SSSR count). The maximum atomic E-state index is 11.9. The molecule has 1 atom stereocenters. The second-order valence-corrected chi connectivity index (χ2v) is 6.04. The lowest BCUT2D eigenvalue weighted by molar-refractivity contribution is -0.124. The van der Waals surface area contributed by atoms with E-state index in [9.17, 15) is 9.00 Å². The summed E-state index contributed by atoms with van der Waals surface area (Å²) >= 11 is 0. The van der Waals surface area contributed by atoms with Crippen molar-refractivity contribution in [3.8, 4) is 0 Å². The van der Waals surface area contributed by atoms with Crippen LogP contribution in [0.5, 0.6) is 0 Å². The Morgan fingerprint density at radius 1 is 1.25 bits per heavy atom. The van der Waals surface area contributed by atoms with E-state index < -0.39 is 10.8 Å². The molecule has 0 spiro atoms. The Kier molecular flexibility index (Phi) is 4.31. The summed E-state index contributed by atoms with van der Waals surface area (Å²) in [7, 11) is -0.660. The second-order valence-electron chi connectivity index (χ2n) is 4.34. The predicted octanol–water partition coefficient (Wildman–Crippen LogP) is -1.42. The first-order valence-corrected chi connectivity index (χ1v) is 7.34. The summed E-state index contributed by atoms with van der Waals surface area (Å²) < 4.78 is 11.2. The van der Waals surface area contributed by atoms with Crippen molar-refractivity contribution < 1.29 is 9.00 Å². The molecule has 2 aliphatic heterocycles. The van der Waals surface area contributed by atoms with Crippen LogP contribution in [0, 0.1) is 0 Å². The lowest BCUT2D eigenvalue weighted by Crippen LogP contribution is -2.57. The van der Waals surface area contributed by atoms with E-state index in [0.717, 1.165) is 37.4 Å². The fourth-order valence-corrected chi connectivity index (χ4v) is 3.38. The van der Waals surface area contributed by atoms with Gasteiger partial charge in [-0.15, -0.1) is 0 Å². The number of hydrogen-bond acceptors (Lipinski definition) is 4. The zero-order valence-corrected chi connectivity index (χ0v) is 10.1. The van der Waals surface area contributed by atoms with Gasteiger partial charge in [0.25, 0.3) is 0 Å². The molecule has 2 heterocycles. The van der Waals surface area contributed by atoms with Crippen molar-refractivity contribution >= 4 is 16.7 Å². The molecule has 16 heavy (non-hydrogen) atoms. The highest BCUT2D eigenvalue weighted by Crippen LogP contribution is 2.09. The maximum absolute atomic E-state index is 11.9. The van der Waals surface area contributed by atoms with Crippen LogP contribution in [0.25, 0.3) is 0 Å². The summed E-state index contributed by atoms with van der Waals surface area (Å²) in [5, 5.41) is 9.40. The molecule has 2 aliphatic rings. The van der Waals surface area contributed by atoms with Gasteiger partial charge in [-0.05, 0) is 12.8 Å². The van der Waals surface area contributed by atoms with Gasteiger partial charge in [-0.25, -0.2) is 0 Å². The van der Waals surface area contributed by atoms with E-state index in [4.69, 9.17) is 0 Å². The number of piperazine rings is 1. The van der Waals surface area contributed by atoms with Crippen LogP contribution >= 0.6 is 0 Å². The zero-order valence-electron chi connectivity index (χ0n) is 9.33. The molecule has 1 unspecified atom stereocenters. The van der Waals surface area contributed by atoms with E-state index >= 15 is 0 Å². The van der Waals surface area contributed by atoms with Gasteiger partial charge in [-0.2, -0.15) is 0 Å². The van der Waals surface area contributed by atoms with Crippen molar-refractivity contribution in [2.24, 2.45) is 0 Å². The van der Waals surface area contributed by atoms with Crippen LogP contribution in [-0.2, 0) is 15.6 Å². The average molecular weight is 245 g/mol. The van der Waals surface area contributed by atoms with Crippen LogP contribution in [-0.4, -0.2) is 53.3 Å². The van der Waals surface area contributed by atoms with Crippen LogP contribution in [0.4, 0.5) is 0 Å². The highest BCUT2D eigenvalue weighted by Gasteiger charge is 2.24.